The molecule has 4 nitrogen and oxygen atoms in total. The van der Waals surface area contributed by atoms with Crippen LogP contribution in [0.4, 0.5) is 10.2 Å². The maximum absolute atomic E-state index is 12.8. The Balaban J connectivity index is 1.90. The normalized spacial score (nSPS) is 10.3. The molecule has 0 saturated carbocycles. The van der Waals surface area contributed by atoms with Crippen LogP contribution in [0.5, 0.6) is 0 Å². The number of halogens is 1. The molecule has 0 radical (unpaired) electrons. The van der Waals surface area contributed by atoms with E-state index in [-0.39, 0.29) is 18.3 Å². The fraction of sp³-hybridized carbons (Fsp3) is 0.294. The number of nitrogens with zero attached hydrogens (tertiary/aromatic N) is 2. The first-order valence-corrected chi connectivity index (χ1v) is 7.28. The second-order valence-corrected chi connectivity index (χ2v) is 5.05. The van der Waals surface area contributed by atoms with Crippen LogP contribution in [0, 0.1) is 12.7 Å². The van der Waals surface area contributed by atoms with Crippen molar-refractivity contribution in [2.45, 2.75) is 20.4 Å². The van der Waals surface area contributed by atoms with E-state index in [0.717, 1.165) is 17.1 Å². The highest BCUT2D eigenvalue weighted by Crippen LogP contribution is 2.10. The van der Waals surface area contributed by atoms with Crippen molar-refractivity contribution in [3.63, 3.8) is 0 Å². The number of hydrogen-bond acceptors (Lipinski definition) is 3. The van der Waals surface area contributed by atoms with Crippen LogP contribution in [0.3, 0.4) is 0 Å². The number of benzene rings is 1. The van der Waals surface area contributed by atoms with Crippen molar-refractivity contribution >= 4 is 11.7 Å². The lowest BCUT2D eigenvalue weighted by molar-refractivity contribution is -0.119. The van der Waals surface area contributed by atoms with Crippen LogP contribution in [0.15, 0.2) is 42.5 Å². The molecule has 1 aromatic heterocycles. The number of nitrogens with one attached hydrogen (secondary N) is 1. The Morgan fingerprint density at radius 2 is 1.95 bits per heavy atom. The van der Waals surface area contributed by atoms with Gasteiger partial charge in [-0.25, -0.2) is 9.37 Å². The van der Waals surface area contributed by atoms with Gasteiger partial charge in [0, 0.05) is 18.8 Å². The first-order valence-electron chi connectivity index (χ1n) is 7.28. The van der Waals surface area contributed by atoms with Gasteiger partial charge >= 0.3 is 0 Å². The highest BCUT2D eigenvalue weighted by molar-refractivity contribution is 5.80. The molecule has 1 N–H and O–H groups in total. The van der Waals surface area contributed by atoms with Crippen LogP contribution in [-0.4, -0.2) is 24.0 Å². The van der Waals surface area contributed by atoms with Crippen molar-refractivity contribution in [1.29, 1.82) is 0 Å². The van der Waals surface area contributed by atoms with Gasteiger partial charge in [0.25, 0.3) is 0 Å². The number of hydrogen-bond donors (Lipinski definition) is 1. The summed E-state index contributed by atoms with van der Waals surface area (Å²) >= 11 is 0. The Hall–Kier alpha value is -2.43. The molecule has 22 heavy (non-hydrogen) atoms. The molecule has 1 aromatic carbocycles. The predicted octanol–water partition coefficient (Wildman–Crippen LogP) is 2.67. The molecule has 0 bridgehead atoms. The number of likely N-dealkylation sites (N-methyl/N-ethyl adjacent to an activating group) is 1. The van der Waals surface area contributed by atoms with Crippen molar-refractivity contribution in [3.05, 3.63) is 59.5 Å². The molecule has 2 rings (SSSR count). The summed E-state index contributed by atoms with van der Waals surface area (Å²) in [5, 5.41) is 2.84. The van der Waals surface area contributed by atoms with E-state index in [4.69, 9.17) is 0 Å². The van der Waals surface area contributed by atoms with E-state index in [2.05, 4.69) is 10.3 Å². The molecular weight excluding hydrogens is 281 g/mol. The van der Waals surface area contributed by atoms with Crippen LogP contribution in [0.25, 0.3) is 0 Å². The van der Waals surface area contributed by atoms with Gasteiger partial charge in [0.1, 0.15) is 11.6 Å². The molecule has 2 aromatic rings. The monoisotopic (exact) mass is 301 g/mol. The van der Waals surface area contributed by atoms with E-state index in [1.54, 1.807) is 12.1 Å². The zero-order valence-electron chi connectivity index (χ0n) is 12.8. The Morgan fingerprint density at radius 1 is 1.23 bits per heavy atom. The molecule has 116 valence electrons. The van der Waals surface area contributed by atoms with Gasteiger partial charge in [0.15, 0.2) is 0 Å². The fourth-order valence-electron chi connectivity index (χ4n) is 2.09. The van der Waals surface area contributed by atoms with E-state index >= 15 is 0 Å². The maximum atomic E-state index is 12.8. The summed E-state index contributed by atoms with van der Waals surface area (Å²) in [4.78, 5) is 18.4. The summed E-state index contributed by atoms with van der Waals surface area (Å²) < 4.78 is 12.8. The van der Waals surface area contributed by atoms with Crippen LogP contribution in [-0.2, 0) is 11.3 Å². The third-order valence-corrected chi connectivity index (χ3v) is 3.32. The van der Waals surface area contributed by atoms with Crippen LogP contribution < -0.4 is 10.2 Å². The molecule has 1 heterocycles. The van der Waals surface area contributed by atoms with Gasteiger partial charge in [-0.1, -0.05) is 18.2 Å². The van der Waals surface area contributed by atoms with Gasteiger partial charge < -0.3 is 10.2 Å². The molecule has 0 fully saturated rings. The first kappa shape index (κ1) is 15.9. The fourth-order valence-corrected chi connectivity index (χ4v) is 2.09. The number of aromatic nitrogens is 1. The predicted molar refractivity (Wildman–Crippen MR) is 85.1 cm³/mol. The average molecular weight is 301 g/mol. The second kappa shape index (κ2) is 7.54. The lowest BCUT2D eigenvalue weighted by atomic mass is 10.2. The van der Waals surface area contributed by atoms with Gasteiger partial charge in [-0.05, 0) is 43.7 Å². The molecule has 0 aliphatic heterocycles. The second-order valence-electron chi connectivity index (χ2n) is 5.05. The van der Waals surface area contributed by atoms with E-state index in [0.29, 0.717) is 13.1 Å². The van der Waals surface area contributed by atoms with Gasteiger partial charge in [0.05, 0.1) is 6.54 Å². The standard InChI is InChI=1S/C17H20FN3O/c1-3-21(16-6-4-5-13(2)20-16)12-17(22)19-11-14-7-9-15(18)10-8-14/h4-10H,3,11-12H2,1-2H3,(H,19,22). The molecule has 1 amide bonds. The smallest absolute Gasteiger partial charge is 0.239 e. The molecule has 0 aliphatic carbocycles. The minimum absolute atomic E-state index is 0.0884. The summed E-state index contributed by atoms with van der Waals surface area (Å²) in [5.41, 5.74) is 1.79. The van der Waals surface area contributed by atoms with E-state index < -0.39 is 0 Å². The highest BCUT2D eigenvalue weighted by Gasteiger charge is 2.11. The van der Waals surface area contributed by atoms with Crippen molar-refractivity contribution in [2.24, 2.45) is 0 Å². The van der Waals surface area contributed by atoms with Crippen molar-refractivity contribution < 1.29 is 9.18 Å². The third-order valence-electron chi connectivity index (χ3n) is 3.32. The molecule has 0 unspecified atom stereocenters. The zero-order chi connectivity index (χ0) is 15.9. The number of aryl methyl sites for hydroxylation is 1. The Labute approximate surface area is 130 Å². The van der Waals surface area contributed by atoms with E-state index in [1.807, 2.05) is 36.9 Å². The Kier molecular flexibility index (Phi) is 5.47. The number of anilines is 1. The molecule has 0 spiro atoms. The molecule has 0 atom stereocenters. The van der Waals surface area contributed by atoms with E-state index in [9.17, 15) is 9.18 Å². The SMILES string of the molecule is CCN(CC(=O)NCc1ccc(F)cc1)c1cccc(C)n1. The van der Waals surface area contributed by atoms with E-state index in [1.165, 1.54) is 12.1 Å². The van der Waals surface area contributed by atoms with Crippen LogP contribution >= 0.6 is 0 Å². The highest BCUT2D eigenvalue weighted by atomic mass is 19.1. The molecule has 0 saturated heterocycles. The van der Waals surface area contributed by atoms with Crippen molar-refractivity contribution in [2.75, 3.05) is 18.0 Å². The number of amides is 1. The number of pyridine rings is 1. The first-order chi connectivity index (χ1) is 10.6. The number of rotatable bonds is 6. The molecule has 5 heteroatoms. The van der Waals surface area contributed by atoms with Gasteiger partial charge in [-0.15, -0.1) is 0 Å². The topological polar surface area (TPSA) is 45.2 Å². The summed E-state index contributed by atoms with van der Waals surface area (Å²) in [7, 11) is 0. The van der Waals surface area contributed by atoms with Gasteiger partial charge in [-0.2, -0.15) is 0 Å². The third kappa shape index (κ3) is 4.55. The Morgan fingerprint density at radius 3 is 2.59 bits per heavy atom. The van der Waals surface area contributed by atoms with Gasteiger partial charge in [-0.3, -0.25) is 4.79 Å². The minimum atomic E-state index is -0.280. The maximum Gasteiger partial charge on any atom is 0.239 e. The molecule has 0 aliphatic rings. The van der Waals surface area contributed by atoms with Crippen LogP contribution in [0.1, 0.15) is 18.2 Å². The largest absolute Gasteiger partial charge is 0.350 e. The number of carbonyl (C=O) groups is 1. The van der Waals surface area contributed by atoms with Crippen LogP contribution in [0.2, 0.25) is 0 Å². The van der Waals surface area contributed by atoms with Gasteiger partial charge in [0.2, 0.25) is 5.91 Å². The zero-order valence-corrected chi connectivity index (χ0v) is 12.8. The number of carbonyl (C=O) groups excluding carboxylic acids is 1. The minimum Gasteiger partial charge on any atom is -0.350 e. The van der Waals surface area contributed by atoms with Crippen molar-refractivity contribution in [1.82, 2.24) is 10.3 Å². The summed E-state index contributed by atoms with van der Waals surface area (Å²) in [5.74, 6) is 0.423. The lowest BCUT2D eigenvalue weighted by Gasteiger charge is -2.21. The Bertz CT molecular complexity index is 628. The summed E-state index contributed by atoms with van der Waals surface area (Å²) in [6.45, 7) is 5.23. The quantitative estimate of drug-likeness (QED) is 0.892. The van der Waals surface area contributed by atoms with Crippen molar-refractivity contribution in [3.8, 4) is 0 Å². The summed E-state index contributed by atoms with van der Waals surface area (Å²) in [6, 6.07) is 11.8. The summed E-state index contributed by atoms with van der Waals surface area (Å²) in [6.07, 6.45) is 0. The lowest BCUT2D eigenvalue weighted by Crippen LogP contribution is -2.37. The molecular formula is C17H20FN3O. The average Bonchev–Trinajstić information content (AvgIpc) is 2.52.